The summed E-state index contributed by atoms with van der Waals surface area (Å²) in [5.41, 5.74) is 0.00910. The molecule has 0 atom stereocenters. The second kappa shape index (κ2) is 6.91. The Labute approximate surface area is 82.3 Å². The third kappa shape index (κ3) is 3.78. The number of nitrogens with zero attached hydrogens (tertiary/aromatic N) is 1. The van der Waals surface area contributed by atoms with Crippen molar-refractivity contribution in [2.24, 2.45) is 5.41 Å². The lowest BCUT2D eigenvalue weighted by molar-refractivity contribution is 0.207. The molecule has 1 aliphatic rings. The van der Waals surface area contributed by atoms with E-state index in [-0.39, 0.29) is 5.41 Å². The minimum absolute atomic E-state index is 0.00910. The topological polar surface area (TPSA) is 35.8 Å². The van der Waals surface area contributed by atoms with Crippen LogP contribution in [-0.4, -0.2) is 13.1 Å². The first kappa shape index (κ1) is 12.4. The molecular weight excluding hydrogens is 160 g/mol. The van der Waals surface area contributed by atoms with Crippen LogP contribution in [0, 0.1) is 16.7 Å². The molecule has 13 heavy (non-hydrogen) atoms. The number of hydrogen-bond acceptors (Lipinski definition) is 2. The van der Waals surface area contributed by atoms with Gasteiger partial charge in [0, 0.05) is 6.54 Å². The van der Waals surface area contributed by atoms with Gasteiger partial charge in [0.05, 0.1) is 11.5 Å². The van der Waals surface area contributed by atoms with Gasteiger partial charge in [-0.25, -0.2) is 0 Å². The predicted molar refractivity (Wildman–Crippen MR) is 56.4 cm³/mol. The van der Waals surface area contributed by atoms with E-state index in [2.05, 4.69) is 18.3 Å². The van der Waals surface area contributed by atoms with Gasteiger partial charge < -0.3 is 5.32 Å². The highest BCUT2D eigenvalue weighted by molar-refractivity contribution is 5.05. The molecule has 0 aromatic carbocycles. The summed E-state index contributed by atoms with van der Waals surface area (Å²) >= 11 is 0. The largest absolute Gasteiger partial charge is 0.315 e. The summed E-state index contributed by atoms with van der Waals surface area (Å²) in [6.45, 7) is 8.09. The third-order valence-electron chi connectivity index (χ3n) is 2.44. The molecule has 1 saturated carbocycles. The highest BCUT2D eigenvalue weighted by atomic mass is 14.9. The lowest BCUT2D eigenvalue weighted by Gasteiger charge is -2.35. The average Bonchev–Trinajstić information content (AvgIpc) is 2.13. The van der Waals surface area contributed by atoms with Gasteiger partial charge in [-0.2, -0.15) is 5.26 Å². The number of nitriles is 1. The van der Waals surface area contributed by atoms with Crippen molar-refractivity contribution in [2.45, 2.75) is 46.5 Å². The molecule has 2 nitrogen and oxygen atoms in total. The van der Waals surface area contributed by atoms with E-state index in [0.29, 0.717) is 0 Å². The Morgan fingerprint density at radius 3 is 2.31 bits per heavy atom. The maximum absolute atomic E-state index is 8.85. The van der Waals surface area contributed by atoms with E-state index < -0.39 is 0 Å². The predicted octanol–water partition coefficient (Wildman–Crippen LogP) is 2.71. The van der Waals surface area contributed by atoms with Crippen LogP contribution in [0.2, 0.25) is 0 Å². The van der Waals surface area contributed by atoms with E-state index >= 15 is 0 Å². The van der Waals surface area contributed by atoms with Crippen molar-refractivity contribution in [1.82, 2.24) is 5.32 Å². The fourth-order valence-electron chi connectivity index (χ4n) is 1.44. The monoisotopic (exact) mass is 182 g/mol. The van der Waals surface area contributed by atoms with Crippen LogP contribution in [0.3, 0.4) is 0 Å². The molecule has 0 unspecified atom stereocenters. The second-order valence-electron chi connectivity index (χ2n) is 3.42. The zero-order valence-electron chi connectivity index (χ0n) is 9.19. The number of rotatable bonds is 4. The van der Waals surface area contributed by atoms with Gasteiger partial charge in [-0.05, 0) is 25.8 Å². The molecule has 0 spiro atoms. The summed E-state index contributed by atoms with van der Waals surface area (Å²) in [6, 6.07) is 2.41. The molecule has 1 fully saturated rings. The Morgan fingerprint density at radius 2 is 2.00 bits per heavy atom. The molecule has 0 aliphatic heterocycles. The smallest absolute Gasteiger partial charge is 0.0703 e. The fraction of sp³-hybridized carbons (Fsp3) is 0.909. The molecule has 0 heterocycles. The molecule has 1 N–H and O–H groups in total. The van der Waals surface area contributed by atoms with E-state index in [4.69, 9.17) is 5.26 Å². The molecule has 0 aromatic rings. The van der Waals surface area contributed by atoms with Crippen molar-refractivity contribution in [2.75, 3.05) is 13.1 Å². The summed E-state index contributed by atoms with van der Waals surface area (Å²) in [6.07, 6.45) is 4.59. The van der Waals surface area contributed by atoms with Crippen LogP contribution in [-0.2, 0) is 0 Å². The molecule has 0 amide bonds. The van der Waals surface area contributed by atoms with Gasteiger partial charge >= 0.3 is 0 Å². The zero-order chi connectivity index (χ0) is 10.2. The van der Waals surface area contributed by atoms with E-state index in [0.717, 1.165) is 32.4 Å². The third-order valence-corrected chi connectivity index (χ3v) is 2.44. The fourth-order valence-corrected chi connectivity index (χ4v) is 1.44. The van der Waals surface area contributed by atoms with Crippen molar-refractivity contribution in [3.63, 3.8) is 0 Å². The summed E-state index contributed by atoms with van der Waals surface area (Å²) in [4.78, 5) is 0. The van der Waals surface area contributed by atoms with Gasteiger partial charge in [0.1, 0.15) is 0 Å². The Morgan fingerprint density at radius 1 is 1.38 bits per heavy atom. The summed E-state index contributed by atoms with van der Waals surface area (Å²) in [5.74, 6) is 0. The number of nitrogens with one attached hydrogen (secondary N) is 1. The van der Waals surface area contributed by atoms with Gasteiger partial charge in [-0.3, -0.25) is 0 Å². The summed E-state index contributed by atoms with van der Waals surface area (Å²) < 4.78 is 0. The van der Waals surface area contributed by atoms with Crippen molar-refractivity contribution in [3.8, 4) is 6.07 Å². The van der Waals surface area contributed by atoms with Crippen molar-refractivity contribution in [1.29, 1.82) is 5.26 Å². The molecule has 0 saturated heterocycles. The van der Waals surface area contributed by atoms with Crippen molar-refractivity contribution < 1.29 is 0 Å². The Bertz CT molecular complexity index is 154. The van der Waals surface area contributed by atoms with E-state index in [9.17, 15) is 0 Å². The Hall–Kier alpha value is -0.550. The molecule has 1 rings (SSSR count). The summed E-state index contributed by atoms with van der Waals surface area (Å²) in [7, 11) is 0. The molecule has 1 aliphatic carbocycles. The minimum Gasteiger partial charge on any atom is -0.315 e. The minimum atomic E-state index is 0.00910. The SMILES string of the molecule is CC.CCCNCC1(C#N)CCC1. The second-order valence-corrected chi connectivity index (χ2v) is 3.42. The molecular formula is C11H22N2. The highest BCUT2D eigenvalue weighted by Crippen LogP contribution is 2.39. The van der Waals surface area contributed by atoms with E-state index in [1.165, 1.54) is 6.42 Å². The van der Waals surface area contributed by atoms with E-state index in [1.807, 2.05) is 13.8 Å². The van der Waals surface area contributed by atoms with Crippen molar-refractivity contribution >= 4 is 0 Å². The van der Waals surface area contributed by atoms with Crippen LogP contribution >= 0.6 is 0 Å². The normalized spacial score (nSPS) is 17.7. The van der Waals surface area contributed by atoms with Crippen LogP contribution in [0.15, 0.2) is 0 Å². The van der Waals surface area contributed by atoms with Gasteiger partial charge in [0.2, 0.25) is 0 Å². The molecule has 0 bridgehead atoms. The maximum Gasteiger partial charge on any atom is 0.0703 e. The Balaban J connectivity index is 0.000000671. The molecule has 2 heteroatoms. The van der Waals surface area contributed by atoms with Crippen molar-refractivity contribution in [3.05, 3.63) is 0 Å². The summed E-state index contributed by atoms with van der Waals surface area (Å²) in [5, 5.41) is 12.2. The maximum atomic E-state index is 8.85. The van der Waals surface area contributed by atoms with Crippen LogP contribution in [0.25, 0.3) is 0 Å². The van der Waals surface area contributed by atoms with Crippen LogP contribution < -0.4 is 5.32 Å². The molecule has 76 valence electrons. The quantitative estimate of drug-likeness (QED) is 0.678. The standard InChI is InChI=1S/C9H16N2.C2H6/c1-2-6-11-8-9(7-10)4-3-5-9;1-2/h11H,2-6,8H2,1H3;1-2H3. The van der Waals surface area contributed by atoms with Crippen LogP contribution in [0.5, 0.6) is 0 Å². The molecule has 0 aromatic heterocycles. The number of hydrogen-bond donors (Lipinski definition) is 1. The Kier molecular flexibility index (Phi) is 6.62. The van der Waals surface area contributed by atoms with E-state index in [1.54, 1.807) is 0 Å². The lowest BCUT2D eigenvalue weighted by Crippen LogP contribution is -2.38. The first-order chi connectivity index (χ1) is 6.33. The highest BCUT2D eigenvalue weighted by Gasteiger charge is 2.36. The van der Waals surface area contributed by atoms with Gasteiger partial charge in [0.15, 0.2) is 0 Å². The van der Waals surface area contributed by atoms with Gasteiger partial charge in [0.25, 0.3) is 0 Å². The van der Waals surface area contributed by atoms with Gasteiger partial charge in [-0.15, -0.1) is 0 Å². The van der Waals surface area contributed by atoms with Crippen LogP contribution in [0.1, 0.15) is 46.5 Å². The zero-order valence-corrected chi connectivity index (χ0v) is 9.19. The first-order valence-electron chi connectivity index (χ1n) is 5.45. The average molecular weight is 182 g/mol. The lowest BCUT2D eigenvalue weighted by atomic mass is 9.70. The molecule has 0 radical (unpaired) electrons. The first-order valence-corrected chi connectivity index (χ1v) is 5.45. The van der Waals surface area contributed by atoms with Crippen LogP contribution in [0.4, 0.5) is 0 Å². The van der Waals surface area contributed by atoms with Gasteiger partial charge in [-0.1, -0.05) is 27.2 Å².